The first-order chi connectivity index (χ1) is 21.4. The van der Waals surface area contributed by atoms with E-state index in [0.717, 1.165) is 38.4 Å². The van der Waals surface area contributed by atoms with E-state index >= 15 is 0 Å². The summed E-state index contributed by atoms with van der Waals surface area (Å²) in [7, 11) is 0. The molecule has 2 aliphatic heterocycles. The first-order valence-electron chi connectivity index (χ1n) is 16.1. The van der Waals surface area contributed by atoms with Crippen LogP contribution in [0.25, 0.3) is 11.0 Å². The zero-order valence-electron chi connectivity index (χ0n) is 26.2. The Morgan fingerprint density at radius 2 is 1.84 bits per heavy atom. The Bertz CT molecular complexity index is 1450. The summed E-state index contributed by atoms with van der Waals surface area (Å²) in [6, 6.07) is 2.70. The number of carbonyl (C=O) groups excluding carboxylic acids is 3. The van der Waals surface area contributed by atoms with Crippen LogP contribution in [0.5, 0.6) is 11.6 Å². The standard InChI is InChI=1S/C33H42F2N4O6/c1-17-25(16-40)39-15-27(17)44-29-23(36-22-11-10-19(43-31(34)35)14-24(22)37-29)9-7-5-6-8-20-21-12-18(21)13-26(20)45-32(42)38-28(30(39)41)33(2,3)4/h10-11,14,16-18,20-21,25-28,31H,5-9,12-13,15H2,1-4H3,(H,38,42)/t17-,18?,20+,21?,25+,26+,27-,28+/m0/s1. The summed E-state index contributed by atoms with van der Waals surface area (Å²) in [5.74, 6) is 0.895. The van der Waals surface area contributed by atoms with Crippen LogP contribution in [0, 0.1) is 29.1 Å². The minimum absolute atomic E-state index is 0.0404. The van der Waals surface area contributed by atoms with Crippen molar-refractivity contribution in [2.24, 2.45) is 29.1 Å². The number of alkyl halides is 2. The van der Waals surface area contributed by atoms with Gasteiger partial charge in [0.2, 0.25) is 11.8 Å². The number of alkyl carbamates (subject to hydrolysis) is 1. The van der Waals surface area contributed by atoms with Crippen molar-refractivity contribution in [2.75, 3.05) is 6.54 Å². The van der Waals surface area contributed by atoms with Gasteiger partial charge in [-0.05, 0) is 67.4 Å². The van der Waals surface area contributed by atoms with Gasteiger partial charge in [-0.1, -0.05) is 40.5 Å². The van der Waals surface area contributed by atoms with E-state index in [1.807, 2.05) is 27.7 Å². The van der Waals surface area contributed by atoms with Gasteiger partial charge in [0.05, 0.1) is 23.6 Å². The first kappa shape index (κ1) is 31.4. The van der Waals surface area contributed by atoms with E-state index in [4.69, 9.17) is 14.5 Å². The molecule has 0 spiro atoms. The number of carbonyl (C=O) groups is 3. The number of aldehydes is 1. The number of ether oxygens (including phenoxy) is 3. The molecule has 6 rings (SSSR count). The van der Waals surface area contributed by atoms with Crippen LogP contribution in [0.4, 0.5) is 13.6 Å². The molecule has 244 valence electrons. The molecule has 3 fully saturated rings. The molecule has 1 aromatic carbocycles. The van der Waals surface area contributed by atoms with Crippen molar-refractivity contribution in [3.05, 3.63) is 23.9 Å². The molecular weight excluding hydrogens is 586 g/mol. The number of hydrogen-bond donors (Lipinski definition) is 1. The molecule has 2 amide bonds. The highest BCUT2D eigenvalue weighted by atomic mass is 19.3. The molecule has 45 heavy (non-hydrogen) atoms. The van der Waals surface area contributed by atoms with Crippen molar-refractivity contribution in [3.8, 4) is 11.6 Å². The third-order valence-electron chi connectivity index (χ3n) is 10.1. The topological polar surface area (TPSA) is 120 Å². The summed E-state index contributed by atoms with van der Waals surface area (Å²) >= 11 is 0. The SMILES string of the molecule is C[C@@H]1[C@@H]2CN(C(=O)[C@H](C(C)(C)C)NC(=O)O[C@@H]3CC4CC4[C@H]3CCCCCc3nc4ccc(OC(F)F)cc4nc3O2)[C@@H]1C=O. The summed E-state index contributed by atoms with van der Waals surface area (Å²) in [5, 5.41) is 2.85. The van der Waals surface area contributed by atoms with Gasteiger partial charge in [-0.2, -0.15) is 8.78 Å². The van der Waals surface area contributed by atoms with Gasteiger partial charge in [-0.3, -0.25) is 4.79 Å². The average molecular weight is 629 g/mol. The van der Waals surface area contributed by atoms with Crippen LogP contribution < -0.4 is 14.8 Å². The molecule has 4 aliphatic rings. The van der Waals surface area contributed by atoms with E-state index in [1.54, 1.807) is 6.07 Å². The molecule has 2 aliphatic carbocycles. The summed E-state index contributed by atoms with van der Waals surface area (Å²) < 4.78 is 42.8. The Labute approximate surface area is 261 Å². The van der Waals surface area contributed by atoms with Crippen molar-refractivity contribution < 1.29 is 37.4 Å². The highest BCUT2D eigenvalue weighted by molar-refractivity contribution is 5.89. The summed E-state index contributed by atoms with van der Waals surface area (Å²) in [4.78, 5) is 50.6. The normalized spacial score (nSPS) is 32.4. The van der Waals surface area contributed by atoms with Gasteiger partial charge in [0.1, 0.15) is 36.0 Å². The minimum atomic E-state index is -2.98. The van der Waals surface area contributed by atoms with Gasteiger partial charge in [0, 0.05) is 12.0 Å². The molecule has 8 atom stereocenters. The molecule has 1 saturated heterocycles. The fraction of sp³-hybridized carbons (Fsp3) is 0.667. The van der Waals surface area contributed by atoms with Gasteiger partial charge >= 0.3 is 12.7 Å². The monoisotopic (exact) mass is 628 g/mol. The van der Waals surface area contributed by atoms with E-state index in [1.165, 1.54) is 23.5 Å². The molecule has 1 aromatic heterocycles. The van der Waals surface area contributed by atoms with Crippen LogP contribution >= 0.6 is 0 Å². The van der Waals surface area contributed by atoms with Crippen LogP contribution in [-0.2, 0) is 20.7 Å². The number of fused-ring (bicyclic) bond motifs is 7. The summed E-state index contributed by atoms with van der Waals surface area (Å²) in [6.07, 6.45) is 5.66. The number of nitrogens with one attached hydrogen (secondary N) is 1. The molecule has 2 unspecified atom stereocenters. The summed E-state index contributed by atoms with van der Waals surface area (Å²) in [6.45, 7) is 4.54. The highest BCUT2D eigenvalue weighted by Gasteiger charge is 2.54. The fourth-order valence-electron chi connectivity index (χ4n) is 7.50. The molecular formula is C33H42F2N4O6. The lowest BCUT2D eigenvalue weighted by molar-refractivity contribution is -0.139. The zero-order valence-corrected chi connectivity index (χ0v) is 26.2. The predicted octanol–water partition coefficient (Wildman–Crippen LogP) is 5.31. The molecule has 3 heterocycles. The number of aromatic nitrogens is 2. The largest absolute Gasteiger partial charge is 0.471 e. The molecule has 2 saturated carbocycles. The number of nitrogens with zero attached hydrogens (tertiary/aromatic N) is 3. The second-order valence-electron chi connectivity index (χ2n) is 14.2. The van der Waals surface area contributed by atoms with E-state index < -0.39 is 42.2 Å². The lowest BCUT2D eigenvalue weighted by atomic mass is 9.85. The number of aryl methyl sites for hydroxylation is 1. The van der Waals surface area contributed by atoms with E-state index in [9.17, 15) is 23.2 Å². The summed E-state index contributed by atoms with van der Waals surface area (Å²) in [5.41, 5.74) is 0.826. The van der Waals surface area contributed by atoms with E-state index in [-0.39, 0.29) is 30.2 Å². The Kier molecular flexibility index (Phi) is 8.60. The Morgan fingerprint density at radius 1 is 1.04 bits per heavy atom. The van der Waals surface area contributed by atoms with E-state index in [2.05, 4.69) is 15.0 Å². The second-order valence-corrected chi connectivity index (χ2v) is 14.2. The third-order valence-corrected chi connectivity index (χ3v) is 10.1. The smallest absolute Gasteiger partial charge is 0.408 e. The van der Waals surface area contributed by atoms with Crippen molar-refractivity contribution in [1.82, 2.24) is 20.2 Å². The second kappa shape index (κ2) is 12.3. The van der Waals surface area contributed by atoms with Gasteiger partial charge in [0.15, 0.2) is 0 Å². The third kappa shape index (κ3) is 6.56. The molecule has 2 aromatic rings. The lowest BCUT2D eigenvalue weighted by Gasteiger charge is -2.35. The molecule has 2 bridgehead atoms. The van der Waals surface area contributed by atoms with Gasteiger partial charge in [-0.25, -0.2) is 14.8 Å². The van der Waals surface area contributed by atoms with Crippen molar-refractivity contribution in [2.45, 2.75) is 104 Å². The first-order valence-corrected chi connectivity index (χ1v) is 16.1. The van der Waals surface area contributed by atoms with Crippen molar-refractivity contribution in [1.29, 1.82) is 0 Å². The number of halogens is 2. The van der Waals surface area contributed by atoms with Crippen LogP contribution in [0.3, 0.4) is 0 Å². The number of hydrogen-bond acceptors (Lipinski definition) is 8. The Balaban J connectivity index is 1.34. The van der Waals surface area contributed by atoms with Crippen LogP contribution in [-0.4, -0.2) is 70.6 Å². The highest BCUT2D eigenvalue weighted by Crippen LogP contribution is 2.57. The zero-order chi connectivity index (χ0) is 32.0. The number of rotatable bonds is 3. The minimum Gasteiger partial charge on any atom is -0.471 e. The van der Waals surface area contributed by atoms with Crippen LogP contribution in [0.1, 0.15) is 71.9 Å². The maximum atomic E-state index is 14.1. The van der Waals surface area contributed by atoms with Gasteiger partial charge in [-0.15, -0.1) is 0 Å². The number of benzene rings is 1. The molecule has 0 radical (unpaired) electrons. The molecule has 10 nitrogen and oxygen atoms in total. The van der Waals surface area contributed by atoms with Crippen LogP contribution in [0.2, 0.25) is 0 Å². The van der Waals surface area contributed by atoms with Crippen LogP contribution in [0.15, 0.2) is 18.2 Å². The Hall–Kier alpha value is -3.57. The average Bonchev–Trinajstić information content (AvgIpc) is 3.55. The number of amides is 2. The quantitative estimate of drug-likeness (QED) is 0.455. The molecule has 1 N–H and O–H groups in total. The van der Waals surface area contributed by atoms with Gasteiger partial charge in [0.25, 0.3) is 0 Å². The van der Waals surface area contributed by atoms with Crippen molar-refractivity contribution >= 4 is 29.3 Å². The predicted molar refractivity (Wildman–Crippen MR) is 160 cm³/mol. The lowest BCUT2D eigenvalue weighted by Crippen LogP contribution is -2.56. The maximum absolute atomic E-state index is 14.1. The van der Waals surface area contributed by atoms with E-state index in [0.29, 0.717) is 40.9 Å². The van der Waals surface area contributed by atoms with Crippen molar-refractivity contribution in [3.63, 3.8) is 0 Å². The Morgan fingerprint density at radius 3 is 2.58 bits per heavy atom. The maximum Gasteiger partial charge on any atom is 0.408 e. The van der Waals surface area contributed by atoms with Gasteiger partial charge < -0.3 is 29.2 Å². The molecule has 12 heteroatoms. The fourth-order valence-corrected chi connectivity index (χ4v) is 7.50.